The van der Waals surface area contributed by atoms with Gasteiger partial charge in [-0.1, -0.05) is 30.3 Å². The number of hydrogen-bond donors (Lipinski definition) is 1. The Morgan fingerprint density at radius 2 is 2.04 bits per heavy atom. The molecule has 0 spiro atoms. The minimum atomic E-state index is 0.141. The van der Waals surface area contributed by atoms with E-state index < -0.39 is 0 Å². The fourth-order valence-corrected chi connectivity index (χ4v) is 3.80. The molecule has 0 radical (unpaired) electrons. The van der Waals surface area contributed by atoms with E-state index in [0.717, 1.165) is 36.0 Å². The van der Waals surface area contributed by atoms with Crippen LogP contribution in [0.4, 0.5) is 5.82 Å². The summed E-state index contributed by atoms with van der Waals surface area (Å²) in [6.07, 6.45) is 6.39. The normalized spacial score (nSPS) is 20.4. The molecular weight excluding hydrogens is 320 g/mol. The van der Waals surface area contributed by atoms with E-state index >= 15 is 0 Å². The zero-order chi connectivity index (χ0) is 16.4. The van der Waals surface area contributed by atoms with Gasteiger partial charge in [0.2, 0.25) is 5.91 Å². The average Bonchev–Trinajstić information content (AvgIpc) is 3.38. The fourth-order valence-electron chi connectivity index (χ4n) is 3.00. The van der Waals surface area contributed by atoms with Crippen molar-refractivity contribution in [3.8, 4) is 0 Å². The lowest BCUT2D eigenvalue weighted by molar-refractivity contribution is -0.128. The van der Waals surface area contributed by atoms with Crippen molar-refractivity contribution in [2.45, 2.75) is 42.1 Å². The van der Waals surface area contributed by atoms with Gasteiger partial charge in [-0.2, -0.15) is 0 Å². The van der Waals surface area contributed by atoms with Crippen LogP contribution in [-0.2, 0) is 10.5 Å². The second kappa shape index (κ2) is 6.81. The first-order chi connectivity index (χ1) is 11.8. The number of benzene rings is 1. The fraction of sp³-hybridized carbons (Fsp3) is 0.389. The Kier molecular flexibility index (Phi) is 4.38. The number of amides is 1. The maximum Gasteiger partial charge on any atom is 0.225 e. The van der Waals surface area contributed by atoms with Gasteiger partial charge < -0.3 is 10.2 Å². The minimum Gasteiger partial charge on any atom is -0.364 e. The highest BCUT2D eigenvalue weighted by molar-refractivity contribution is 7.98. The molecule has 1 aromatic carbocycles. The zero-order valence-corrected chi connectivity index (χ0v) is 14.2. The standard InChI is InChI=1S/C18H20N4OS/c23-18-8-14(11-22(18)15-6-7-15)20-16-9-19-10-17(21-16)24-12-13-4-2-1-3-5-13/h1-5,9-10,14-15H,6-8,11-12H2,(H,20,21). The molecule has 1 saturated heterocycles. The number of likely N-dealkylation sites (tertiary alicyclic amines) is 1. The first kappa shape index (κ1) is 15.4. The maximum atomic E-state index is 12.0. The summed E-state index contributed by atoms with van der Waals surface area (Å²) < 4.78 is 0. The van der Waals surface area contributed by atoms with E-state index in [0.29, 0.717) is 12.5 Å². The summed E-state index contributed by atoms with van der Waals surface area (Å²) in [5.41, 5.74) is 1.27. The van der Waals surface area contributed by atoms with Gasteiger partial charge in [0.1, 0.15) is 10.8 Å². The summed E-state index contributed by atoms with van der Waals surface area (Å²) in [5, 5.41) is 4.27. The highest BCUT2D eigenvalue weighted by Crippen LogP contribution is 2.31. The smallest absolute Gasteiger partial charge is 0.225 e. The zero-order valence-electron chi connectivity index (χ0n) is 13.4. The molecule has 24 heavy (non-hydrogen) atoms. The van der Waals surface area contributed by atoms with E-state index in [1.54, 1.807) is 24.2 Å². The SMILES string of the molecule is O=C1CC(Nc2cncc(SCc3ccccc3)n2)CN1C1CC1. The third-order valence-corrected chi connectivity index (χ3v) is 5.31. The number of nitrogens with zero attached hydrogens (tertiary/aromatic N) is 3. The van der Waals surface area contributed by atoms with Gasteiger partial charge in [0.05, 0.1) is 18.4 Å². The van der Waals surface area contributed by atoms with Crippen LogP contribution >= 0.6 is 11.8 Å². The lowest BCUT2D eigenvalue weighted by atomic mass is 10.2. The van der Waals surface area contributed by atoms with Crippen LogP contribution in [0.2, 0.25) is 0 Å². The molecule has 1 unspecified atom stereocenters. The molecule has 4 rings (SSSR count). The third kappa shape index (κ3) is 3.70. The predicted octanol–water partition coefficient (Wildman–Crippen LogP) is 2.94. The number of anilines is 1. The number of thioether (sulfide) groups is 1. The third-order valence-electron chi connectivity index (χ3n) is 4.34. The second-order valence-electron chi connectivity index (χ2n) is 6.34. The van der Waals surface area contributed by atoms with Crippen molar-refractivity contribution in [1.29, 1.82) is 0 Å². The number of aromatic nitrogens is 2. The van der Waals surface area contributed by atoms with Crippen molar-refractivity contribution in [1.82, 2.24) is 14.9 Å². The summed E-state index contributed by atoms with van der Waals surface area (Å²) in [6, 6.07) is 11.0. The highest BCUT2D eigenvalue weighted by Gasteiger charge is 2.39. The molecule has 6 heteroatoms. The number of rotatable bonds is 6. The Morgan fingerprint density at radius 1 is 1.21 bits per heavy atom. The molecule has 1 saturated carbocycles. The Balaban J connectivity index is 1.35. The van der Waals surface area contributed by atoms with Crippen molar-refractivity contribution in [2.24, 2.45) is 0 Å². The highest BCUT2D eigenvalue weighted by atomic mass is 32.2. The van der Waals surface area contributed by atoms with Gasteiger partial charge in [0, 0.05) is 24.8 Å². The quantitative estimate of drug-likeness (QED) is 0.820. The molecule has 1 aromatic heterocycles. The van der Waals surface area contributed by atoms with Gasteiger partial charge in [-0.05, 0) is 18.4 Å². The van der Waals surface area contributed by atoms with E-state index in [1.165, 1.54) is 5.56 Å². The summed E-state index contributed by atoms with van der Waals surface area (Å²) in [4.78, 5) is 22.9. The van der Waals surface area contributed by atoms with Crippen molar-refractivity contribution >= 4 is 23.5 Å². The molecule has 124 valence electrons. The van der Waals surface area contributed by atoms with Crippen LogP contribution in [0.1, 0.15) is 24.8 Å². The molecule has 2 aromatic rings. The molecule has 2 heterocycles. The van der Waals surface area contributed by atoms with Crippen LogP contribution < -0.4 is 5.32 Å². The van der Waals surface area contributed by atoms with Gasteiger partial charge in [-0.3, -0.25) is 9.78 Å². The maximum absolute atomic E-state index is 12.0. The molecule has 0 bridgehead atoms. The summed E-state index contributed by atoms with van der Waals surface area (Å²) >= 11 is 1.67. The van der Waals surface area contributed by atoms with Gasteiger partial charge in [0.25, 0.3) is 0 Å². The average molecular weight is 340 g/mol. The molecular formula is C18H20N4OS. The van der Waals surface area contributed by atoms with Crippen LogP contribution in [-0.4, -0.2) is 39.4 Å². The first-order valence-electron chi connectivity index (χ1n) is 8.33. The number of hydrogen-bond acceptors (Lipinski definition) is 5. The molecule has 2 aliphatic rings. The Bertz CT molecular complexity index is 720. The minimum absolute atomic E-state index is 0.141. The molecule has 2 fully saturated rings. The van der Waals surface area contributed by atoms with Crippen LogP contribution in [0.15, 0.2) is 47.8 Å². The molecule has 1 N–H and O–H groups in total. The van der Waals surface area contributed by atoms with Crippen molar-refractivity contribution in [2.75, 3.05) is 11.9 Å². The first-order valence-corrected chi connectivity index (χ1v) is 9.31. The number of nitrogens with one attached hydrogen (secondary N) is 1. The predicted molar refractivity (Wildman–Crippen MR) is 94.8 cm³/mol. The Hall–Kier alpha value is -2.08. The van der Waals surface area contributed by atoms with Crippen LogP contribution in [0.5, 0.6) is 0 Å². The Labute approximate surface area is 145 Å². The van der Waals surface area contributed by atoms with Gasteiger partial charge in [-0.15, -0.1) is 11.8 Å². The largest absolute Gasteiger partial charge is 0.364 e. The van der Waals surface area contributed by atoms with E-state index in [-0.39, 0.29) is 11.9 Å². The Morgan fingerprint density at radius 3 is 2.83 bits per heavy atom. The number of carbonyl (C=O) groups excluding carboxylic acids is 1. The molecule has 1 atom stereocenters. The van der Waals surface area contributed by atoms with Crippen molar-refractivity contribution in [3.63, 3.8) is 0 Å². The van der Waals surface area contributed by atoms with Crippen LogP contribution in [0.3, 0.4) is 0 Å². The van der Waals surface area contributed by atoms with E-state index in [2.05, 4.69) is 27.4 Å². The second-order valence-corrected chi connectivity index (χ2v) is 7.34. The van der Waals surface area contributed by atoms with Crippen molar-refractivity contribution in [3.05, 3.63) is 48.3 Å². The number of carbonyl (C=O) groups is 1. The molecule has 1 aliphatic heterocycles. The summed E-state index contributed by atoms with van der Waals surface area (Å²) in [6.45, 7) is 0.784. The van der Waals surface area contributed by atoms with Crippen molar-refractivity contribution < 1.29 is 4.79 Å². The van der Waals surface area contributed by atoms with Gasteiger partial charge in [-0.25, -0.2) is 4.98 Å². The lowest BCUT2D eigenvalue weighted by Gasteiger charge is -2.16. The molecule has 1 aliphatic carbocycles. The van der Waals surface area contributed by atoms with Crippen LogP contribution in [0.25, 0.3) is 0 Å². The van der Waals surface area contributed by atoms with Gasteiger partial charge in [0.15, 0.2) is 0 Å². The monoisotopic (exact) mass is 340 g/mol. The molecule has 5 nitrogen and oxygen atoms in total. The van der Waals surface area contributed by atoms with Crippen LogP contribution in [0, 0.1) is 0 Å². The lowest BCUT2D eigenvalue weighted by Crippen LogP contribution is -2.29. The van der Waals surface area contributed by atoms with E-state index in [4.69, 9.17) is 0 Å². The summed E-state index contributed by atoms with van der Waals surface area (Å²) in [5.74, 6) is 1.89. The molecule has 1 amide bonds. The van der Waals surface area contributed by atoms with E-state index in [1.807, 2.05) is 23.1 Å². The topological polar surface area (TPSA) is 58.1 Å². The summed E-state index contributed by atoms with van der Waals surface area (Å²) in [7, 11) is 0. The van der Waals surface area contributed by atoms with Gasteiger partial charge >= 0.3 is 0 Å². The van der Waals surface area contributed by atoms with E-state index in [9.17, 15) is 4.79 Å².